The molecule has 2 saturated carbocycles. The van der Waals surface area contributed by atoms with Crippen molar-refractivity contribution in [3.8, 4) is 5.75 Å². The van der Waals surface area contributed by atoms with Crippen LogP contribution in [0.2, 0.25) is 0 Å². The molecule has 25 heavy (non-hydrogen) atoms. The molecule has 4 rings (SSSR count). The van der Waals surface area contributed by atoms with Crippen molar-refractivity contribution in [3.63, 3.8) is 0 Å². The molecule has 2 aliphatic carbocycles. The second-order valence-corrected chi connectivity index (χ2v) is 7.84. The molecule has 4 heteroatoms. The molecule has 1 N–H and O–H groups in total. The number of ether oxygens (including phenoxy) is 2. The minimum absolute atomic E-state index is 0.127. The van der Waals surface area contributed by atoms with Crippen LogP contribution in [0.5, 0.6) is 5.75 Å². The van der Waals surface area contributed by atoms with Crippen molar-refractivity contribution in [2.24, 2.45) is 11.8 Å². The fourth-order valence-corrected chi connectivity index (χ4v) is 5.20. The highest BCUT2D eigenvalue weighted by atomic mass is 16.5. The van der Waals surface area contributed by atoms with Crippen LogP contribution < -0.4 is 10.1 Å². The van der Waals surface area contributed by atoms with Gasteiger partial charge < -0.3 is 14.8 Å². The van der Waals surface area contributed by atoms with E-state index in [1.54, 1.807) is 7.11 Å². The van der Waals surface area contributed by atoms with Gasteiger partial charge in [-0.05, 0) is 55.2 Å². The van der Waals surface area contributed by atoms with Crippen molar-refractivity contribution in [3.05, 3.63) is 29.8 Å². The van der Waals surface area contributed by atoms with Gasteiger partial charge in [0.15, 0.2) is 0 Å². The molecule has 1 amide bonds. The molecular weight excluding hydrogens is 314 g/mol. The number of benzene rings is 1. The minimum atomic E-state index is 0.127. The third kappa shape index (κ3) is 3.41. The number of hydrogen-bond acceptors (Lipinski definition) is 3. The van der Waals surface area contributed by atoms with Gasteiger partial charge in [0.1, 0.15) is 5.75 Å². The van der Waals surface area contributed by atoms with E-state index in [1.807, 2.05) is 12.1 Å². The lowest BCUT2D eigenvalue weighted by Crippen LogP contribution is -2.59. The van der Waals surface area contributed by atoms with Gasteiger partial charge in [0.25, 0.3) is 0 Å². The maximum absolute atomic E-state index is 12.5. The van der Waals surface area contributed by atoms with Crippen LogP contribution in [-0.2, 0) is 9.53 Å². The largest absolute Gasteiger partial charge is 0.497 e. The van der Waals surface area contributed by atoms with E-state index in [9.17, 15) is 4.79 Å². The van der Waals surface area contributed by atoms with Crippen LogP contribution in [0.3, 0.4) is 0 Å². The standard InChI is InChI=1S/C21H29NO3/c1-24-15-10-8-14(9-11-15)20-17-6-2-3-7-18(17)21(20)22-19(23)13-16-5-4-12-25-16/h8-11,16-18,20-21H,2-7,12-13H2,1H3,(H,22,23)/t16-,17-,18+,20+,21+/m1/s1. The summed E-state index contributed by atoms with van der Waals surface area (Å²) < 4.78 is 10.9. The van der Waals surface area contributed by atoms with Gasteiger partial charge in [0, 0.05) is 18.6 Å². The van der Waals surface area contributed by atoms with Crippen LogP contribution in [0.4, 0.5) is 0 Å². The number of carbonyl (C=O) groups is 1. The molecule has 0 unspecified atom stereocenters. The first-order chi connectivity index (χ1) is 12.3. The zero-order valence-electron chi connectivity index (χ0n) is 15.1. The third-order valence-electron chi connectivity index (χ3n) is 6.45. The van der Waals surface area contributed by atoms with Gasteiger partial charge in [-0.25, -0.2) is 0 Å². The fourth-order valence-electron chi connectivity index (χ4n) is 5.20. The average Bonchev–Trinajstić information content (AvgIpc) is 3.14. The van der Waals surface area contributed by atoms with E-state index < -0.39 is 0 Å². The summed E-state index contributed by atoms with van der Waals surface area (Å²) in [6.07, 6.45) is 7.91. The Kier molecular flexibility index (Phi) is 4.98. The Morgan fingerprint density at radius 1 is 1.12 bits per heavy atom. The highest BCUT2D eigenvalue weighted by Gasteiger charge is 2.51. The summed E-state index contributed by atoms with van der Waals surface area (Å²) in [5.41, 5.74) is 1.34. The number of amides is 1. The molecule has 136 valence electrons. The van der Waals surface area contributed by atoms with Crippen molar-refractivity contribution in [1.82, 2.24) is 5.32 Å². The lowest BCUT2D eigenvalue weighted by atomic mass is 9.53. The Balaban J connectivity index is 1.45. The minimum Gasteiger partial charge on any atom is -0.497 e. The lowest BCUT2D eigenvalue weighted by Gasteiger charge is -2.55. The van der Waals surface area contributed by atoms with Crippen molar-refractivity contribution in [2.75, 3.05) is 13.7 Å². The van der Waals surface area contributed by atoms with E-state index in [2.05, 4.69) is 17.4 Å². The molecule has 0 aromatic heterocycles. The molecule has 3 aliphatic rings. The molecule has 4 nitrogen and oxygen atoms in total. The Labute approximate surface area is 150 Å². The second kappa shape index (κ2) is 7.36. The quantitative estimate of drug-likeness (QED) is 0.888. The summed E-state index contributed by atoms with van der Waals surface area (Å²) in [6, 6.07) is 8.71. The molecule has 0 radical (unpaired) electrons. The Morgan fingerprint density at radius 2 is 1.88 bits per heavy atom. The Bertz CT molecular complexity index is 594. The summed E-state index contributed by atoms with van der Waals surface area (Å²) in [6.45, 7) is 0.806. The van der Waals surface area contributed by atoms with E-state index in [0.717, 1.165) is 31.1 Å². The van der Waals surface area contributed by atoms with Crippen molar-refractivity contribution in [2.45, 2.75) is 63.0 Å². The second-order valence-electron chi connectivity index (χ2n) is 7.84. The maximum Gasteiger partial charge on any atom is 0.222 e. The van der Waals surface area contributed by atoms with Crippen LogP contribution >= 0.6 is 0 Å². The first-order valence-electron chi connectivity index (χ1n) is 9.81. The van der Waals surface area contributed by atoms with Gasteiger partial charge in [-0.15, -0.1) is 0 Å². The summed E-state index contributed by atoms with van der Waals surface area (Å²) in [7, 11) is 1.70. The molecule has 0 spiro atoms. The first-order valence-corrected chi connectivity index (χ1v) is 9.81. The highest BCUT2D eigenvalue weighted by molar-refractivity contribution is 5.77. The van der Waals surface area contributed by atoms with E-state index in [-0.39, 0.29) is 18.1 Å². The molecule has 1 aromatic carbocycles. The highest BCUT2D eigenvalue weighted by Crippen LogP contribution is 2.54. The molecule has 0 bridgehead atoms. The van der Waals surface area contributed by atoms with E-state index >= 15 is 0 Å². The molecular formula is C21H29NO3. The molecule has 1 heterocycles. The lowest BCUT2D eigenvalue weighted by molar-refractivity contribution is -0.127. The normalized spacial score (nSPS) is 34.0. The van der Waals surface area contributed by atoms with Gasteiger partial charge in [0.2, 0.25) is 5.91 Å². The van der Waals surface area contributed by atoms with Crippen molar-refractivity contribution >= 4 is 5.91 Å². The smallest absolute Gasteiger partial charge is 0.222 e. The predicted octanol–water partition coefficient (Wildman–Crippen LogP) is 3.65. The van der Waals surface area contributed by atoms with Gasteiger partial charge in [0.05, 0.1) is 19.6 Å². The van der Waals surface area contributed by atoms with Crippen LogP contribution in [0.15, 0.2) is 24.3 Å². The van der Waals surface area contributed by atoms with Crippen LogP contribution in [0, 0.1) is 11.8 Å². The van der Waals surface area contributed by atoms with Crippen LogP contribution in [-0.4, -0.2) is 31.8 Å². The van der Waals surface area contributed by atoms with Gasteiger partial charge in [-0.1, -0.05) is 25.0 Å². The topological polar surface area (TPSA) is 47.6 Å². The first kappa shape index (κ1) is 16.9. The zero-order valence-corrected chi connectivity index (χ0v) is 15.1. The van der Waals surface area contributed by atoms with E-state index in [0.29, 0.717) is 18.3 Å². The third-order valence-corrected chi connectivity index (χ3v) is 6.45. The molecule has 3 fully saturated rings. The monoisotopic (exact) mass is 343 g/mol. The number of rotatable bonds is 5. The zero-order chi connectivity index (χ0) is 17.2. The number of nitrogens with one attached hydrogen (secondary N) is 1. The Morgan fingerprint density at radius 3 is 2.56 bits per heavy atom. The van der Waals surface area contributed by atoms with Crippen LogP contribution in [0.1, 0.15) is 56.4 Å². The predicted molar refractivity (Wildman–Crippen MR) is 96.7 cm³/mol. The van der Waals surface area contributed by atoms with Gasteiger partial charge in [-0.3, -0.25) is 4.79 Å². The summed E-state index contributed by atoms with van der Waals surface area (Å²) >= 11 is 0. The molecule has 1 saturated heterocycles. The van der Waals surface area contributed by atoms with Gasteiger partial charge >= 0.3 is 0 Å². The Hall–Kier alpha value is -1.55. The number of carbonyl (C=O) groups excluding carboxylic acids is 1. The number of hydrogen-bond donors (Lipinski definition) is 1. The fraction of sp³-hybridized carbons (Fsp3) is 0.667. The number of fused-ring (bicyclic) bond motifs is 1. The molecule has 1 aromatic rings. The van der Waals surface area contributed by atoms with Crippen molar-refractivity contribution < 1.29 is 14.3 Å². The molecule has 1 aliphatic heterocycles. The summed E-state index contributed by atoms with van der Waals surface area (Å²) in [5.74, 6) is 2.87. The van der Waals surface area contributed by atoms with E-state index in [1.165, 1.54) is 31.2 Å². The number of methoxy groups -OCH3 is 1. The van der Waals surface area contributed by atoms with Crippen molar-refractivity contribution in [1.29, 1.82) is 0 Å². The van der Waals surface area contributed by atoms with E-state index in [4.69, 9.17) is 9.47 Å². The summed E-state index contributed by atoms with van der Waals surface area (Å²) in [4.78, 5) is 12.5. The average molecular weight is 343 g/mol. The van der Waals surface area contributed by atoms with Crippen LogP contribution in [0.25, 0.3) is 0 Å². The maximum atomic E-state index is 12.5. The molecule has 5 atom stereocenters. The van der Waals surface area contributed by atoms with Gasteiger partial charge in [-0.2, -0.15) is 0 Å². The summed E-state index contributed by atoms with van der Waals surface area (Å²) in [5, 5.41) is 3.37. The SMILES string of the molecule is COc1ccc([C@H]2[C@@H]3CCCC[C@@H]3[C@@H]2NC(=O)C[C@H]2CCCO2)cc1.